The SMILES string of the molecule is O=C1C2CCCN2C(=O)CN1CN1CCN(c2cccc3c2COC=CO3)CC1. The molecule has 4 heterocycles. The molecule has 8 nitrogen and oxygen atoms in total. The van der Waals surface area contributed by atoms with Crippen LogP contribution in [0, 0.1) is 0 Å². The largest absolute Gasteiger partial charge is 0.493 e. The molecule has 8 heteroatoms. The first-order valence-corrected chi connectivity index (χ1v) is 10.3. The van der Waals surface area contributed by atoms with Gasteiger partial charge in [0.15, 0.2) is 0 Å². The number of amides is 2. The molecule has 0 spiro atoms. The highest BCUT2D eigenvalue weighted by Gasteiger charge is 2.42. The molecule has 0 N–H and O–H groups in total. The van der Waals surface area contributed by atoms with Crippen molar-refractivity contribution in [3.63, 3.8) is 0 Å². The molecule has 1 atom stereocenters. The van der Waals surface area contributed by atoms with Gasteiger partial charge in [0.1, 0.15) is 37.5 Å². The summed E-state index contributed by atoms with van der Waals surface area (Å²) in [6, 6.07) is 5.84. The van der Waals surface area contributed by atoms with Gasteiger partial charge in [-0.2, -0.15) is 0 Å². The van der Waals surface area contributed by atoms with Gasteiger partial charge in [-0.3, -0.25) is 14.5 Å². The summed E-state index contributed by atoms with van der Waals surface area (Å²) in [5.41, 5.74) is 2.20. The van der Waals surface area contributed by atoms with Crippen molar-refractivity contribution in [2.75, 3.05) is 50.8 Å². The Labute approximate surface area is 170 Å². The number of nitrogens with zero attached hydrogens (tertiary/aromatic N) is 4. The van der Waals surface area contributed by atoms with Crippen molar-refractivity contribution in [1.29, 1.82) is 0 Å². The number of hydrogen-bond acceptors (Lipinski definition) is 6. The summed E-state index contributed by atoms with van der Waals surface area (Å²) in [5.74, 6) is 1.03. The zero-order valence-electron chi connectivity index (χ0n) is 16.5. The fraction of sp³-hybridized carbons (Fsp3) is 0.524. The highest BCUT2D eigenvalue weighted by molar-refractivity contribution is 5.95. The zero-order chi connectivity index (χ0) is 19.8. The van der Waals surface area contributed by atoms with Crippen molar-refractivity contribution in [3.8, 4) is 5.75 Å². The minimum atomic E-state index is -0.231. The molecule has 5 rings (SSSR count). The maximum Gasteiger partial charge on any atom is 0.246 e. The molecule has 3 fully saturated rings. The van der Waals surface area contributed by atoms with Crippen molar-refractivity contribution in [2.24, 2.45) is 0 Å². The topological polar surface area (TPSA) is 65.6 Å². The van der Waals surface area contributed by atoms with Gasteiger partial charge in [-0.05, 0) is 25.0 Å². The number of piperazine rings is 2. The number of carbonyl (C=O) groups is 2. The lowest BCUT2D eigenvalue weighted by Gasteiger charge is -2.42. The maximum absolute atomic E-state index is 12.8. The molecule has 154 valence electrons. The van der Waals surface area contributed by atoms with E-state index in [1.807, 2.05) is 12.1 Å². The normalized spacial score (nSPS) is 24.7. The molecule has 29 heavy (non-hydrogen) atoms. The molecular weight excluding hydrogens is 372 g/mol. The minimum absolute atomic E-state index is 0.0892. The van der Waals surface area contributed by atoms with Crippen LogP contribution < -0.4 is 9.64 Å². The molecule has 1 aromatic rings. The highest BCUT2D eigenvalue weighted by Crippen LogP contribution is 2.32. The molecule has 1 unspecified atom stereocenters. The Hall–Kier alpha value is -2.74. The Bertz CT molecular complexity index is 834. The van der Waals surface area contributed by atoms with Crippen molar-refractivity contribution in [1.82, 2.24) is 14.7 Å². The van der Waals surface area contributed by atoms with E-state index in [0.29, 0.717) is 13.3 Å². The third-order valence-corrected chi connectivity index (χ3v) is 6.26. The van der Waals surface area contributed by atoms with Crippen molar-refractivity contribution >= 4 is 17.5 Å². The molecular formula is C21H26N4O4. The Morgan fingerprint density at radius 1 is 1.03 bits per heavy atom. The van der Waals surface area contributed by atoms with Gasteiger partial charge in [0.25, 0.3) is 0 Å². The van der Waals surface area contributed by atoms with Crippen LogP contribution in [0.2, 0.25) is 0 Å². The summed E-state index contributed by atoms with van der Waals surface area (Å²) >= 11 is 0. The maximum atomic E-state index is 12.8. The van der Waals surface area contributed by atoms with E-state index in [1.165, 1.54) is 0 Å². The van der Waals surface area contributed by atoms with Crippen LogP contribution in [0.15, 0.2) is 30.7 Å². The summed E-state index contributed by atoms with van der Waals surface area (Å²) in [7, 11) is 0. The molecule has 0 saturated carbocycles. The fourth-order valence-electron chi connectivity index (χ4n) is 4.73. The summed E-state index contributed by atoms with van der Waals surface area (Å²) in [6.07, 6.45) is 4.87. The van der Waals surface area contributed by atoms with E-state index in [4.69, 9.17) is 9.47 Å². The predicted octanol–water partition coefficient (Wildman–Crippen LogP) is 0.980. The van der Waals surface area contributed by atoms with E-state index >= 15 is 0 Å². The van der Waals surface area contributed by atoms with E-state index < -0.39 is 0 Å². The number of ether oxygens (including phenoxy) is 2. The average molecular weight is 398 g/mol. The van der Waals surface area contributed by atoms with Gasteiger partial charge in [0.2, 0.25) is 11.8 Å². The number of fused-ring (bicyclic) bond motifs is 2. The standard InChI is InChI=1S/C21H26N4O4/c26-20-13-24(21(27)18-4-2-6-25(18)20)15-22-7-9-23(10-8-22)17-3-1-5-19-16(17)14-28-11-12-29-19/h1,3,5,11-12,18H,2,4,6-10,13-15H2. The summed E-state index contributed by atoms with van der Waals surface area (Å²) in [4.78, 5) is 33.2. The molecule has 0 radical (unpaired) electrons. The molecule has 0 aromatic heterocycles. The van der Waals surface area contributed by atoms with E-state index in [1.54, 1.807) is 22.3 Å². The van der Waals surface area contributed by atoms with Crippen molar-refractivity contribution in [2.45, 2.75) is 25.5 Å². The molecule has 3 saturated heterocycles. The van der Waals surface area contributed by atoms with Crippen LogP contribution in [0.4, 0.5) is 5.69 Å². The average Bonchev–Trinajstić information content (AvgIpc) is 3.12. The quantitative estimate of drug-likeness (QED) is 0.756. The van der Waals surface area contributed by atoms with E-state index in [-0.39, 0.29) is 24.4 Å². The molecule has 0 aliphatic carbocycles. The first-order chi connectivity index (χ1) is 14.2. The van der Waals surface area contributed by atoms with Gasteiger partial charge < -0.3 is 24.2 Å². The number of rotatable bonds is 3. The van der Waals surface area contributed by atoms with Crippen LogP contribution in [-0.2, 0) is 20.9 Å². The Kier molecular flexibility index (Phi) is 4.79. The third-order valence-electron chi connectivity index (χ3n) is 6.26. The summed E-state index contributed by atoms with van der Waals surface area (Å²) in [5, 5.41) is 0. The minimum Gasteiger partial charge on any atom is -0.493 e. The van der Waals surface area contributed by atoms with Gasteiger partial charge in [0, 0.05) is 38.4 Å². The van der Waals surface area contributed by atoms with E-state index in [9.17, 15) is 9.59 Å². The Morgan fingerprint density at radius 3 is 2.76 bits per heavy atom. The fourth-order valence-corrected chi connectivity index (χ4v) is 4.73. The lowest BCUT2D eigenvalue weighted by Crippen LogP contribution is -2.60. The van der Waals surface area contributed by atoms with Gasteiger partial charge in [-0.15, -0.1) is 0 Å². The Balaban J connectivity index is 1.22. The van der Waals surface area contributed by atoms with Crippen LogP contribution in [0.3, 0.4) is 0 Å². The van der Waals surface area contributed by atoms with Gasteiger partial charge in [-0.1, -0.05) is 6.07 Å². The van der Waals surface area contributed by atoms with E-state index in [2.05, 4.69) is 15.9 Å². The zero-order valence-corrected chi connectivity index (χ0v) is 16.5. The van der Waals surface area contributed by atoms with E-state index in [0.717, 1.165) is 62.6 Å². The monoisotopic (exact) mass is 398 g/mol. The molecule has 0 bridgehead atoms. The number of anilines is 1. The summed E-state index contributed by atoms with van der Waals surface area (Å²) < 4.78 is 11.1. The van der Waals surface area contributed by atoms with Crippen LogP contribution >= 0.6 is 0 Å². The van der Waals surface area contributed by atoms with Crippen LogP contribution in [0.25, 0.3) is 0 Å². The predicted molar refractivity (Wildman–Crippen MR) is 106 cm³/mol. The van der Waals surface area contributed by atoms with Crippen molar-refractivity contribution < 1.29 is 19.1 Å². The van der Waals surface area contributed by atoms with Crippen molar-refractivity contribution in [3.05, 3.63) is 36.3 Å². The highest BCUT2D eigenvalue weighted by atomic mass is 16.5. The van der Waals surface area contributed by atoms with Crippen LogP contribution in [0.1, 0.15) is 18.4 Å². The molecule has 1 aromatic carbocycles. The number of benzene rings is 1. The number of hydrogen-bond donors (Lipinski definition) is 0. The molecule has 2 amide bonds. The second kappa shape index (κ2) is 7.59. The van der Waals surface area contributed by atoms with Gasteiger partial charge in [-0.25, -0.2) is 0 Å². The molecule has 4 aliphatic rings. The third kappa shape index (κ3) is 3.42. The van der Waals surface area contributed by atoms with Gasteiger partial charge in [0.05, 0.1) is 12.2 Å². The first kappa shape index (κ1) is 18.3. The second-order valence-electron chi connectivity index (χ2n) is 7.98. The summed E-state index contributed by atoms with van der Waals surface area (Å²) in [6.45, 7) is 5.36. The number of carbonyl (C=O) groups excluding carboxylic acids is 2. The smallest absolute Gasteiger partial charge is 0.246 e. The van der Waals surface area contributed by atoms with Gasteiger partial charge >= 0.3 is 0 Å². The first-order valence-electron chi connectivity index (χ1n) is 10.3. The second-order valence-corrected chi connectivity index (χ2v) is 7.98. The lowest BCUT2D eigenvalue weighted by atomic mass is 10.1. The Morgan fingerprint density at radius 2 is 1.90 bits per heavy atom. The van der Waals surface area contributed by atoms with Crippen LogP contribution in [0.5, 0.6) is 5.75 Å². The van der Waals surface area contributed by atoms with Crippen LogP contribution in [-0.4, -0.2) is 78.5 Å². The molecule has 4 aliphatic heterocycles. The lowest BCUT2D eigenvalue weighted by molar-refractivity contribution is -0.155.